The minimum absolute atomic E-state index is 0.0951. The van der Waals surface area contributed by atoms with Gasteiger partial charge in [0.15, 0.2) is 5.82 Å². The lowest BCUT2D eigenvalue weighted by Crippen LogP contribution is -2.26. The molecule has 0 saturated heterocycles. The molecule has 0 atom stereocenters. The van der Waals surface area contributed by atoms with Crippen molar-refractivity contribution in [1.29, 1.82) is 0 Å². The van der Waals surface area contributed by atoms with Gasteiger partial charge in [0, 0.05) is 17.7 Å². The summed E-state index contributed by atoms with van der Waals surface area (Å²) < 4.78 is 39.9. The van der Waals surface area contributed by atoms with E-state index in [-0.39, 0.29) is 35.0 Å². The maximum atomic E-state index is 13.3. The van der Waals surface area contributed by atoms with Crippen molar-refractivity contribution < 1.29 is 18.0 Å². The van der Waals surface area contributed by atoms with Crippen molar-refractivity contribution in [2.24, 2.45) is 0 Å². The lowest BCUT2D eigenvalue weighted by Gasteiger charge is -2.15. The number of hydrogen-bond acceptors (Lipinski definition) is 4. The summed E-state index contributed by atoms with van der Waals surface area (Å²) in [5.41, 5.74) is -0.214. The van der Waals surface area contributed by atoms with E-state index in [0.29, 0.717) is 5.56 Å². The fourth-order valence-corrected chi connectivity index (χ4v) is 2.81. The average molecular weight is 398 g/mol. The van der Waals surface area contributed by atoms with E-state index in [1.54, 1.807) is 24.3 Å². The maximum absolute atomic E-state index is 13.3. The van der Waals surface area contributed by atoms with Crippen LogP contribution >= 0.6 is 0 Å². The molecule has 0 spiro atoms. The molecule has 29 heavy (non-hydrogen) atoms. The summed E-state index contributed by atoms with van der Waals surface area (Å²) >= 11 is 0. The molecule has 8 heteroatoms. The highest BCUT2D eigenvalue weighted by atomic mass is 19.4. The Morgan fingerprint density at radius 1 is 0.966 bits per heavy atom. The number of amides is 1. The topological polar surface area (TPSA) is 66.9 Å². The molecule has 5 nitrogen and oxygen atoms in total. The van der Waals surface area contributed by atoms with Crippen molar-refractivity contribution in [1.82, 2.24) is 15.3 Å². The number of nitrogens with one attached hydrogen (secondary N) is 2. The second-order valence-electron chi connectivity index (χ2n) is 6.74. The molecule has 4 rings (SSSR count). The quantitative estimate of drug-likeness (QED) is 0.648. The fourth-order valence-electron chi connectivity index (χ4n) is 2.81. The minimum Gasteiger partial charge on any atom is -0.348 e. The van der Waals surface area contributed by atoms with Crippen LogP contribution in [0.1, 0.15) is 28.9 Å². The first kappa shape index (κ1) is 18.9. The molecule has 1 aliphatic rings. The number of aromatic nitrogens is 2. The standard InChI is InChI=1S/C21H17F3N4O/c22-21(23,24)15-8-4-5-9-16(15)26-18-12-17(20(29)25-14-10-11-14)27-19(28-18)13-6-2-1-3-7-13/h1-9,12,14H,10-11H2,(H,25,29)(H,26,27,28). The molecule has 1 aromatic heterocycles. The van der Waals surface area contributed by atoms with Crippen molar-refractivity contribution in [2.75, 3.05) is 5.32 Å². The van der Waals surface area contributed by atoms with Gasteiger partial charge in [-0.1, -0.05) is 42.5 Å². The zero-order valence-electron chi connectivity index (χ0n) is 15.2. The molecule has 148 valence electrons. The van der Waals surface area contributed by atoms with E-state index in [1.165, 1.54) is 24.3 Å². The van der Waals surface area contributed by atoms with Gasteiger partial charge in [-0.25, -0.2) is 9.97 Å². The number of para-hydroxylation sites is 1. The summed E-state index contributed by atoms with van der Waals surface area (Å²) in [5.74, 6) is -0.0169. The number of anilines is 2. The molecule has 1 amide bonds. The molecule has 0 radical (unpaired) electrons. The van der Waals surface area contributed by atoms with E-state index in [1.807, 2.05) is 6.07 Å². The lowest BCUT2D eigenvalue weighted by molar-refractivity contribution is -0.136. The van der Waals surface area contributed by atoms with Crippen molar-refractivity contribution in [3.63, 3.8) is 0 Å². The van der Waals surface area contributed by atoms with Gasteiger partial charge in [0.25, 0.3) is 5.91 Å². The SMILES string of the molecule is O=C(NC1CC1)c1cc(Nc2ccccc2C(F)(F)F)nc(-c2ccccc2)n1. The molecule has 1 aliphatic carbocycles. The van der Waals surface area contributed by atoms with Gasteiger partial charge in [-0.05, 0) is 25.0 Å². The number of benzene rings is 2. The first-order valence-corrected chi connectivity index (χ1v) is 9.09. The maximum Gasteiger partial charge on any atom is 0.418 e. The van der Waals surface area contributed by atoms with Crippen LogP contribution in [-0.4, -0.2) is 21.9 Å². The Hall–Kier alpha value is -3.42. The molecule has 2 aromatic carbocycles. The third-order valence-corrected chi connectivity index (χ3v) is 4.40. The number of nitrogens with zero attached hydrogens (tertiary/aromatic N) is 2. The molecule has 1 fully saturated rings. The van der Waals surface area contributed by atoms with Crippen LogP contribution in [0.5, 0.6) is 0 Å². The number of carbonyl (C=O) groups excluding carboxylic acids is 1. The van der Waals surface area contributed by atoms with Gasteiger partial charge in [-0.15, -0.1) is 0 Å². The van der Waals surface area contributed by atoms with E-state index in [4.69, 9.17) is 0 Å². The van der Waals surface area contributed by atoms with Crippen LogP contribution in [-0.2, 0) is 6.18 Å². The minimum atomic E-state index is -4.52. The van der Waals surface area contributed by atoms with E-state index in [9.17, 15) is 18.0 Å². The van der Waals surface area contributed by atoms with E-state index in [2.05, 4.69) is 20.6 Å². The van der Waals surface area contributed by atoms with Gasteiger partial charge >= 0.3 is 6.18 Å². The average Bonchev–Trinajstić information content (AvgIpc) is 3.52. The summed E-state index contributed by atoms with van der Waals surface area (Å²) in [6, 6.07) is 15.6. The van der Waals surface area contributed by atoms with Crippen molar-refractivity contribution in [2.45, 2.75) is 25.1 Å². The highest BCUT2D eigenvalue weighted by molar-refractivity contribution is 5.94. The third kappa shape index (κ3) is 4.53. The van der Waals surface area contributed by atoms with Crippen LogP contribution in [0.3, 0.4) is 0 Å². The number of rotatable bonds is 5. The molecule has 3 aromatic rings. The Bertz CT molecular complexity index is 1030. The van der Waals surface area contributed by atoms with Crippen molar-refractivity contribution in [3.05, 3.63) is 71.9 Å². The molecule has 2 N–H and O–H groups in total. The number of halogens is 3. The Labute approximate surface area is 165 Å². The van der Waals surface area contributed by atoms with Crippen molar-refractivity contribution >= 4 is 17.4 Å². The molecule has 0 aliphatic heterocycles. The second kappa shape index (κ2) is 7.54. The van der Waals surface area contributed by atoms with Gasteiger partial charge in [-0.3, -0.25) is 4.79 Å². The van der Waals surface area contributed by atoms with Crippen LogP contribution in [0.25, 0.3) is 11.4 Å². The smallest absolute Gasteiger partial charge is 0.348 e. The largest absolute Gasteiger partial charge is 0.418 e. The number of alkyl halides is 3. The Morgan fingerprint density at radius 3 is 2.34 bits per heavy atom. The van der Waals surface area contributed by atoms with Crippen LogP contribution in [0.4, 0.5) is 24.7 Å². The van der Waals surface area contributed by atoms with Gasteiger partial charge in [0.2, 0.25) is 0 Å². The summed E-state index contributed by atoms with van der Waals surface area (Å²) in [4.78, 5) is 21.1. The van der Waals surface area contributed by atoms with E-state index < -0.39 is 11.7 Å². The summed E-state index contributed by atoms with van der Waals surface area (Å²) in [7, 11) is 0. The van der Waals surface area contributed by atoms with Gasteiger partial charge in [0.05, 0.1) is 11.3 Å². The highest BCUT2D eigenvalue weighted by Crippen LogP contribution is 2.35. The Kier molecular flexibility index (Phi) is 4.92. The summed E-state index contributed by atoms with van der Waals surface area (Å²) in [5, 5.41) is 5.54. The fraction of sp³-hybridized carbons (Fsp3) is 0.190. The Morgan fingerprint density at radius 2 is 1.66 bits per heavy atom. The molecular formula is C21H17F3N4O. The molecule has 0 unspecified atom stereocenters. The predicted octanol–water partition coefficient (Wildman–Crippen LogP) is 4.80. The zero-order valence-corrected chi connectivity index (χ0v) is 15.2. The van der Waals surface area contributed by atoms with Crippen LogP contribution in [0, 0.1) is 0 Å². The van der Waals surface area contributed by atoms with Crippen LogP contribution in [0.2, 0.25) is 0 Å². The lowest BCUT2D eigenvalue weighted by atomic mass is 10.1. The highest BCUT2D eigenvalue weighted by Gasteiger charge is 2.33. The summed E-state index contributed by atoms with van der Waals surface area (Å²) in [6.45, 7) is 0. The first-order chi connectivity index (χ1) is 13.9. The monoisotopic (exact) mass is 398 g/mol. The molecule has 0 bridgehead atoms. The summed E-state index contributed by atoms with van der Waals surface area (Å²) in [6.07, 6.45) is -2.70. The molecule has 1 heterocycles. The normalized spacial score (nSPS) is 13.8. The molecule has 1 saturated carbocycles. The van der Waals surface area contributed by atoms with Crippen LogP contribution < -0.4 is 10.6 Å². The third-order valence-electron chi connectivity index (χ3n) is 4.40. The number of hydrogen-bond donors (Lipinski definition) is 2. The Balaban J connectivity index is 1.74. The van der Waals surface area contributed by atoms with Gasteiger partial charge < -0.3 is 10.6 Å². The van der Waals surface area contributed by atoms with E-state index in [0.717, 1.165) is 18.9 Å². The van der Waals surface area contributed by atoms with Crippen molar-refractivity contribution in [3.8, 4) is 11.4 Å². The second-order valence-corrected chi connectivity index (χ2v) is 6.74. The first-order valence-electron chi connectivity index (χ1n) is 9.09. The number of carbonyl (C=O) groups is 1. The zero-order chi connectivity index (χ0) is 20.4. The van der Waals surface area contributed by atoms with Gasteiger partial charge in [0.1, 0.15) is 11.5 Å². The van der Waals surface area contributed by atoms with Crippen LogP contribution in [0.15, 0.2) is 60.7 Å². The van der Waals surface area contributed by atoms with E-state index >= 15 is 0 Å². The molecular weight excluding hydrogens is 381 g/mol. The van der Waals surface area contributed by atoms with Gasteiger partial charge in [-0.2, -0.15) is 13.2 Å². The predicted molar refractivity (Wildman–Crippen MR) is 103 cm³/mol.